The van der Waals surface area contributed by atoms with Gasteiger partial charge in [-0.15, -0.1) is 0 Å². The molecule has 0 saturated carbocycles. The average molecular weight is 204 g/mol. The van der Waals surface area contributed by atoms with Crippen LogP contribution < -0.4 is 4.74 Å². The van der Waals surface area contributed by atoms with Gasteiger partial charge in [-0.05, 0) is 18.2 Å². The fourth-order valence-corrected chi connectivity index (χ4v) is 0.926. The number of hydrogen-bond acceptors (Lipinski definition) is 2. The van der Waals surface area contributed by atoms with Crippen molar-refractivity contribution in [3.05, 3.63) is 28.8 Å². The number of halogens is 3. The van der Waals surface area contributed by atoms with Gasteiger partial charge in [0.1, 0.15) is 11.8 Å². The van der Waals surface area contributed by atoms with Crippen LogP contribution in [0.15, 0.2) is 18.2 Å². The molecule has 1 aromatic rings. The van der Waals surface area contributed by atoms with Crippen LogP contribution in [0.25, 0.3) is 0 Å². The van der Waals surface area contributed by atoms with Crippen LogP contribution >= 0.6 is 11.6 Å². The van der Waals surface area contributed by atoms with Crippen molar-refractivity contribution in [3.8, 4) is 11.8 Å². The fraction of sp³-hybridized carbons (Fsp3) is 0.125. The first kappa shape index (κ1) is 9.75. The minimum atomic E-state index is -2.90. The van der Waals surface area contributed by atoms with Gasteiger partial charge in [-0.25, -0.2) is 0 Å². The lowest BCUT2D eigenvalue weighted by atomic mass is 10.2. The molecule has 0 bridgehead atoms. The van der Waals surface area contributed by atoms with E-state index in [-0.39, 0.29) is 16.3 Å². The number of nitriles is 1. The third kappa shape index (κ3) is 2.56. The standard InChI is InChI=1S/C8H4ClF2NO/c9-7-2-1-6(13-8(10)11)3-5(7)4-12/h1-3,8H. The van der Waals surface area contributed by atoms with Gasteiger partial charge >= 0.3 is 6.61 Å². The Hall–Kier alpha value is -1.34. The van der Waals surface area contributed by atoms with Crippen LogP contribution in [0.1, 0.15) is 5.56 Å². The molecule has 0 spiro atoms. The summed E-state index contributed by atoms with van der Waals surface area (Å²) in [5.74, 6) is -0.0732. The van der Waals surface area contributed by atoms with Crippen molar-refractivity contribution >= 4 is 11.6 Å². The van der Waals surface area contributed by atoms with E-state index in [1.54, 1.807) is 6.07 Å². The molecule has 0 aliphatic heterocycles. The van der Waals surface area contributed by atoms with Gasteiger partial charge in [0.25, 0.3) is 0 Å². The molecule has 0 N–H and O–H groups in total. The second-order valence-electron chi connectivity index (χ2n) is 2.13. The molecule has 0 unspecified atom stereocenters. The monoisotopic (exact) mass is 203 g/mol. The smallest absolute Gasteiger partial charge is 0.387 e. The van der Waals surface area contributed by atoms with Gasteiger partial charge in [0.15, 0.2) is 0 Å². The van der Waals surface area contributed by atoms with E-state index in [1.165, 1.54) is 12.1 Å². The maximum absolute atomic E-state index is 11.7. The first-order valence-electron chi connectivity index (χ1n) is 3.28. The zero-order valence-electron chi connectivity index (χ0n) is 6.30. The van der Waals surface area contributed by atoms with Gasteiger partial charge in [0.05, 0.1) is 10.6 Å². The van der Waals surface area contributed by atoms with Crippen LogP contribution in [0.3, 0.4) is 0 Å². The highest BCUT2D eigenvalue weighted by molar-refractivity contribution is 6.31. The first-order valence-corrected chi connectivity index (χ1v) is 3.65. The molecule has 1 aromatic carbocycles. The van der Waals surface area contributed by atoms with Gasteiger partial charge in [-0.1, -0.05) is 11.6 Å². The van der Waals surface area contributed by atoms with Gasteiger partial charge in [0, 0.05) is 0 Å². The number of benzene rings is 1. The molecule has 0 aliphatic carbocycles. The lowest BCUT2D eigenvalue weighted by Crippen LogP contribution is -2.01. The fourth-order valence-electron chi connectivity index (χ4n) is 0.766. The molecule has 0 aromatic heterocycles. The Bertz CT molecular complexity index is 348. The molecular weight excluding hydrogens is 200 g/mol. The Kier molecular flexibility index (Phi) is 3.04. The predicted octanol–water partition coefficient (Wildman–Crippen LogP) is 2.81. The number of alkyl halides is 2. The molecule has 5 heteroatoms. The number of hydrogen-bond donors (Lipinski definition) is 0. The summed E-state index contributed by atoms with van der Waals surface area (Å²) in [5, 5.41) is 8.71. The highest BCUT2D eigenvalue weighted by Gasteiger charge is 2.06. The van der Waals surface area contributed by atoms with Gasteiger partial charge in [0.2, 0.25) is 0 Å². The van der Waals surface area contributed by atoms with Crippen molar-refractivity contribution in [1.82, 2.24) is 0 Å². The normalized spacial score (nSPS) is 9.77. The third-order valence-electron chi connectivity index (χ3n) is 1.28. The van der Waals surface area contributed by atoms with Crippen LogP contribution in [0.5, 0.6) is 5.75 Å². The maximum atomic E-state index is 11.7. The van der Waals surface area contributed by atoms with Crippen molar-refractivity contribution < 1.29 is 13.5 Å². The molecule has 13 heavy (non-hydrogen) atoms. The average Bonchev–Trinajstić information content (AvgIpc) is 2.07. The summed E-state index contributed by atoms with van der Waals surface area (Å²) in [4.78, 5) is 0. The van der Waals surface area contributed by atoms with Crippen LogP contribution in [0.4, 0.5) is 8.78 Å². The van der Waals surface area contributed by atoms with E-state index in [0.29, 0.717) is 0 Å². The topological polar surface area (TPSA) is 33.0 Å². The van der Waals surface area contributed by atoms with E-state index in [9.17, 15) is 8.78 Å². The summed E-state index contributed by atoms with van der Waals surface area (Å²) in [6.07, 6.45) is 0. The predicted molar refractivity (Wildman–Crippen MR) is 42.8 cm³/mol. The Morgan fingerprint density at radius 1 is 1.46 bits per heavy atom. The van der Waals surface area contributed by atoms with Crippen LogP contribution in [-0.2, 0) is 0 Å². The first-order chi connectivity index (χ1) is 6.13. The zero-order chi connectivity index (χ0) is 9.84. The molecular formula is C8H4ClF2NO. The number of ether oxygens (including phenoxy) is 1. The van der Waals surface area contributed by atoms with Crippen molar-refractivity contribution in [1.29, 1.82) is 5.26 Å². The molecule has 0 amide bonds. The minimum absolute atomic E-state index is 0.0732. The third-order valence-corrected chi connectivity index (χ3v) is 1.61. The highest BCUT2D eigenvalue weighted by atomic mass is 35.5. The van der Waals surface area contributed by atoms with E-state index in [0.717, 1.165) is 6.07 Å². The van der Waals surface area contributed by atoms with E-state index >= 15 is 0 Å². The van der Waals surface area contributed by atoms with E-state index in [2.05, 4.69) is 4.74 Å². The Balaban J connectivity index is 2.95. The SMILES string of the molecule is N#Cc1cc(OC(F)F)ccc1Cl. The summed E-state index contributed by atoms with van der Waals surface area (Å²) >= 11 is 5.57. The lowest BCUT2D eigenvalue weighted by Gasteiger charge is -2.04. The van der Waals surface area contributed by atoms with Gasteiger partial charge in [-0.3, -0.25) is 0 Å². The van der Waals surface area contributed by atoms with Crippen LogP contribution in [0, 0.1) is 11.3 Å². The summed E-state index contributed by atoms with van der Waals surface area (Å²) < 4.78 is 27.5. The van der Waals surface area contributed by atoms with Crippen molar-refractivity contribution in [2.75, 3.05) is 0 Å². The molecule has 0 fully saturated rings. The number of rotatable bonds is 2. The number of nitrogens with zero attached hydrogens (tertiary/aromatic N) is 1. The van der Waals surface area contributed by atoms with Crippen LogP contribution in [0.2, 0.25) is 5.02 Å². The molecule has 1 rings (SSSR count). The van der Waals surface area contributed by atoms with Crippen LogP contribution in [-0.4, -0.2) is 6.61 Å². The lowest BCUT2D eigenvalue weighted by molar-refractivity contribution is -0.0498. The van der Waals surface area contributed by atoms with Crippen molar-refractivity contribution in [2.24, 2.45) is 0 Å². The van der Waals surface area contributed by atoms with Gasteiger partial charge in [-0.2, -0.15) is 14.0 Å². The molecule has 0 aliphatic rings. The molecule has 0 atom stereocenters. The quantitative estimate of drug-likeness (QED) is 0.741. The van der Waals surface area contributed by atoms with E-state index in [4.69, 9.17) is 16.9 Å². The molecule has 0 saturated heterocycles. The second-order valence-corrected chi connectivity index (χ2v) is 2.54. The van der Waals surface area contributed by atoms with E-state index in [1.807, 2.05) is 0 Å². The van der Waals surface area contributed by atoms with Crippen molar-refractivity contribution in [2.45, 2.75) is 6.61 Å². The highest BCUT2D eigenvalue weighted by Crippen LogP contribution is 2.22. The Labute approximate surface area is 78.3 Å². The minimum Gasteiger partial charge on any atom is -0.435 e. The van der Waals surface area contributed by atoms with E-state index < -0.39 is 6.61 Å². The summed E-state index contributed by atoms with van der Waals surface area (Å²) in [7, 11) is 0. The Morgan fingerprint density at radius 3 is 2.69 bits per heavy atom. The zero-order valence-corrected chi connectivity index (χ0v) is 7.05. The summed E-state index contributed by atoms with van der Waals surface area (Å²) in [6.45, 7) is -2.90. The maximum Gasteiger partial charge on any atom is 0.387 e. The summed E-state index contributed by atoms with van der Waals surface area (Å²) in [5.41, 5.74) is 0.111. The molecule has 68 valence electrons. The van der Waals surface area contributed by atoms with Gasteiger partial charge < -0.3 is 4.74 Å². The molecule has 0 heterocycles. The molecule has 2 nitrogen and oxygen atoms in total. The second kappa shape index (κ2) is 4.06. The molecule has 0 radical (unpaired) electrons. The van der Waals surface area contributed by atoms with Crippen molar-refractivity contribution in [3.63, 3.8) is 0 Å². The Morgan fingerprint density at radius 2 is 2.15 bits per heavy atom. The largest absolute Gasteiger partial charge is 0.435 e. The summed E-state index contributed by atoms with van der Waals surface area (Å²) in [6, 6.07) is 5.52.